The fourth-order valence-electron chi connectivity index (χ4n) is 4.04. The lowest BCUT2D eigenvalue weighted by Gasteiger charge is -2.42. The van der Waals surface area contributed by atoms with Gasteiger partial charge in [-0.15, -0.1) is 10.2 Å². The van der Waals surface area contributed by atoms with Gasteiger partial charge >= 0.3 is 0 Å². The molecule has 1 aromatic carbocycles. The Balaban J connectivity index is 1.35. The quantitative estimate of drug-likeness (QED) is 0.808. The molecule has 7 heteroatoms. The lowest BCUT2D eigenvalue weighted by atomic mass is 10.0. The van der Waals surface area contributed by atoms with Crippen molar-refractivity contribution in [2.45, 2.75) is 25.4 Å². The van der Waals surface area contributed by atoms with Crippen molar-refractivity contribution in [3.05, 3.63) is 53.7 Å². The maximum absolute atomic E-state index is 13.1. The second-order valence-corrected chi connectivity index (χ2v) is 7.32. The number of hydrogen-bond donors (Lipinski definition) is 0. The van der Waals surface area contributed by atoms with Crippen LogP contribution in [0.3, 0.4) is 0 Å². The first-order chi connectivity index (χ1) is 13.7. The van der Waals surface area contributed by atoms with Crippen LogP contribution in [0.25, 0.3) is 0 Å². The van der Waals surface area contributed by atoms with Gasteiger partial charge in [0.1, 0.15) is 6.07 Å². The molecular weight excluding hydrogens is 352 g/mol. The Labute approximate surface area is 165 Å². The summed E-state index contributed by atoms with van der Waals surface area (Å²) < 4.78 is 0. The van der Waals surface area contributed by atoms with E-state index in [0.29, 0.717) is 12.2 Å². The van der Waals surface area contributed by atoms with Crippen LogP contribution in [0.15, 0.2) is 42.5 Å². The van der Waals surface area contributed by atoms with Crippen LogP contribution in [-0.2, 0) is 11.3 Å². The summed E-state index contributed by atoms with van der Waals surface area (Å²) in [6, 6.07) is 15.7. The summed E-state index contributed by atoms with van der Waals surface area (Å²) in [4.78, 5) is 19.5. The van der Waals surface area contributed by atoms with Crippen molar-refractivity contribution in [2.24, 2.45) is 0 Å². The summed E-state index contributed by atoms with van der Waals surface area (Å²) in [5.74, 6) is 1.04. The van der Waals surface area contributed by atoms with Gasteiger partial charge in [0, 0.05) is 39.3 Å². The van der Waals surface area contributed by atoms with E-state index in [-0.39, 0.29) is 11.9 Å². The van der Waals surface area contributed by atoms with Gasteiger partial charge < -0.3 is 9.80 Å². The molecule has 2 saturated heterocycles. The Hall–Kier alpha value is -2.98. The molecule has 0 bridgehead atoms. The van der Waals surface area contributed by atoms with Crippen molar-refractivity contribution in [2.75, 3.05) is 37.6 Å². The third kappa shape index (κ3) is 3.97. The molecule has 7 nitrogen and oxygen atoms in total. The van der Waals surface area contributed by atoms with Crippen LogP contribution in [-0.4, -0.2) is 64.7 Å². The van der Waals surface area contributed by atoms with Crippen LogP contribution >= 0.6 is 0 Å². The number of nitrogens with zero attached hydrogens (tertiary/aromatic N) is 6. The zero-order valence-electron chi connectivity index (χ0n) is 15.9. The van der Waals surface area contributed by atoms with Crippen molar-refractivity contribution in [1.29, 1.82) is 5.26 Å². The molecule has 1 aromatic heterocycles. The minimum Gasteiger partial charge on any atom is -0.353 e. The maximum Gasteiger partial charge on any atom is 0.240 e. The zero-order valence-corrected chi connectivity index (χ0v) is 15.9. The second-order valence-electron chi connectivity index (χ2n) is 7.32. The summed E-state index contributed by atoms with van der Waals surface area (Å²) >= 11 is 0. The summed E-state index contributed by atoms with van der Waals surface area (Å²) in [6.07, 6.45) is 1.98. The fourth-order valence-corrected chi connectivity index (χ4v) is 4.04. The summed E-state index contributed by atoms with van der Waals surface area (Å²) in [5.41, 5.74) is 1.51. The lowest BCUT2D eigenvalue weighted by molar-refractivity contribution is -0.141. The predicted molar refractivity (Wildman–Crippen MR) is 105 cm³/mol. The summed E-state index contributed by atoms with van der Waals surface area (Å²) in [5, 5.41) is 16.9. The third-order valence-electron chi connectivity index (χ3n) is 5.56. The molecule has 0 saturated carbocycles. The highest BCUT2D eigenvalue weighted by Gasteiger charge is 2.34. The smallest absolute Gasteiger partial charge is 0.240 e. The molecule has 2 aliphatic rings. The highest BCUT2D eigenvalue weighted by molar-refractivity contribution is 5.82. The van der Waals surface area contributed by atoms with Gasteiger partial charge in [0.05, 0.1) is 6.04 Å². The van der Waals surface area contributed by atoms with Gasteiger partial charge in [-0.25, -0.2) is 0 Å². The molecule has 0 radical (unpaired) electrons. The van der Waals surface area contributed by atoms with Crippen molar-refractivity contribution >= 4 is 11.7 Å². The second kappa shape index (κ2) is 8.36. The first kappa shape index (κ1) is 18.4. The molecule has 1 atom stereocenters. The number of aromatic nitrogens is 2. The largest absolute Gasteiger partial charge is 0.353 e. The van der Waals surface area contributed by atoms with E-state index in [9.17, 15) is 4.79 Å². The average molecular weight is 376 g/mol. The van der Waals surface area contributed by atoms with Gasteiger partial charge in [-0.3, -0.25) is 9.69 Å². The standard InChI is InChI=1S/C21H24N6O/c22-15-18-8-9-20(24-23-18)26-13-11-25(12-14-26)19-7-4-10-27(21(19)28)16-17-5-2-1-3-6-17/h1-3,5-6,8-9,19H,4,7,10-14,16H2/t19-/m1/s1. The van der Waals surface area contributed by atoms with Gasteiger partial charge in [-0.2, -0.15) is 5.26 Å². The number of piperazine rings is 1. The Kier molecular flexibility index (Phi) is 5.49. The van der Waals surface area contributed by atoms with Gasteiger partial charge in [-0.05, 0) is 30.5 Å². The van der Waals surface area contributed by atoms with Gasteiger partial charge in [-0.1, -0.05) is 30.3 Å². The number of piperidine rings is 1. The highest BCUT2D eigenvalue weighted by Crippen LogP contribution is 2.22. The lowest BCUT2D eigenvalue weighted by Crippen LogP contribution is -2.57. The fraction of sp³-hybridized carbons (Fsp3) is 0.429. The molecule has 4 rings (SSSR count). The van der Waals surface area contributed by atoms with Crippen molar-refractivity contribution in [3.63, 3.8) is 0 Å². The van der Waals surface area contributed by atoms with Crippen LogP contribution in [0.5, 0.6) is 0 Å². The van der Waals surface area contributed by atoms with E-state index in [4.69, 9.17) is 5.26 Å². The van der Waals surface area contributed by atoms with Crippen LogP contribution in [0.4, 0.5) is 5.82 Å². The van der Waals surface area contributed by atoms with Crippen LogP contribution in [0, 0.1) is 11.3 Å². The Morgan fingerprint density at radius 1 is 1.00 bits per heavy atom. The van der Waals surface area contributed by atoms with Crippen molar-refractivity contribution in [1.82, 2.24) is 20.0 Å². The third-order valence-corrected chi connectivity index (χ3v) is 5.56. The van der Waals surface area contributed by atoms with Gasteiger partial charge in [0.15, 0.2) is 11.5 Å². The number of carbonyl (C=O) groups excluding carboxylic acids is 1. The molecular formula is C21H24N6O. The first-order valence-corrected chi connectivity index (χ1v) is 9.80. The number of amides is 1. The van der Waals surface area contributed by atoms with Crippen LogP contribution in [0.1, 0.15) is 24.1 Å². The molecule has 0 spiro atoms. The Morgan fingerprint density at radius 2 is 1.79 bits per heavy atom. The van der Waals surface area contributed by atoms with E-state index >= 15 is 0 Å². The first-order valence-electron chi connectivity index (χ1n) is 9.80. The molecule has 28 heavy (non-hydrogen) atoms. The average Bonchev–Trinajstić information content (AvgIpc) is 2.76. The van der Waals surface area contributed by atoms with Crippen molar-refractivity contribution in [3.8, 4) is 6.07 Å². The number of benzene rings is 1. The number of nitriles is 1. The van der Waals surface area contributed by atoms with Gasteiger partial charge in [0.25, 0.3) is 0 Å². The van der Waals surface area contributed by atoms with E-state index in [1.165, 1.54) is 5.56 Å². The monoisotopic (exact) mass is 376 g/mol. The summed E-state index contributed by atoms with van der Waals surface area (Å²) in [6.45, 7) is 4.81. The van der Waals surface area contributed by atoms with Crippen LogP contribution < -0.4 is 4.90 Å². The van der Waals surface area contributed by atoms with E-state index < -0.39 is 0 Å². The number of likely N-dealkylation sites (tertiary alicyclic amines) is 1. The van der Waals surface area contributed by atoms with E-state index in [1.54, 1.807) is 6.07 Å². The van der Waals surface area contributed by atoms with Crippen LogP contribution in [0.2, 0.25) is 0 Å². The molecule has 2 aromatic rings. The van der Waals surface area contributed by atoms with E-state index in [2.05, 4.69) is 32.1 Å². The number of anilines is 1. The molecule has 0 N–H and O–H groups in total. The number of carbonyl (C=O) groups is 1. The van der Waals surface area contributed by atoms with Gasteiger partial charge in [0.2, 0.25) is 5.91 Å². The number of rotatable bonds is 4. The van der Waals surface area contributed by atoms with Crippen molar-refractivity contribution < 1.29 is 4.79 Å². The topological polar surface area (TPSA) is 76.4 Å². The molecule has 3 heterocycles. The molecule has 2 fully saturated rings. The van der Waals surface area contributed by atoms with E-state index in [0.717, 1.165) is 51.4 Å². The Morgan fingerprint density at radius 3 is 2.46 bits per heavy atom. The maximum atomic E-state index is 13.1. The zero-order chi connectivity index (χ0) is 19.3. The SMILES string of the molecule is N#Cc1ccc(N2CCN([C@@H]3CCCN(Cc4ccccc4)C3=O)CC2)nn1. The number of hydrogen-bond acceptors (Lipinski definition) is 6. The minimum absolute atomic E-state index is 0.0216. The molecule has 0 aliphatic carbocycles. The van der Waals surface area contributed by atoms with E-state index in [1.807, 2.05) is 35.2 Å². The normalized spacial score (nSPS) is 20.8. The molecule has 2 aliphatic heterocycles. The predicted octanol–water partition coefficient (Wildman–Crippen LogP) is 1.66. The molecule has 144 valence electrons. The highest BCUT2D eigenvalue weighted by atomic mass is 16.2. The minimum atomic E-state index is -0.0216. The molecule has 1 amide bonds. The Bertz CT molecular complexity index is 839. The molecule has 0 unspecified atom stereocenters. The summed E-state index contributed by atoms with van der Waals surface area (Å²) in [7, 11) is 0.